The van der Waals surface area contributed by atoms with Crippen molar-refractivity contribution in [3.63, 3.8) is 0 Å². The molecule has 0 aromatic carbocycles. The summed E-state index contributed by atoms with van der Waals surface area (Å²) in [5.41, 5.74) is 1.51. The van der Waals surface area contributed by atoms with E-state index >= 15 is 0 Å². The molecule has 1 atom stereocenters. The fourth-order valence-corrected chi connectivity index (χ4v) is 1.37. The summed E-state index contributed by atoms with van der Waals surface area (Å²) >= 11 is 0. The predicted molar refractivity (Wildman–Crippen MR) is 50.5 cm³/mol. The van der Waals surface area contributed by atoms with Crippen LogP contribution in [0.3, 0.4) is 0 Å². The molecule has 0 spiro atoms. The van der Waals surface area contributed by atoms with Crippen LogP contribution in [0.4, 0.5) is 0 Å². The largest absolute Gasteiger partial charge is 0.0840 e. The molecule has 0 amide bonds. The van der Waals surface area contributed by atoms with Crippen molar-refractivity contribution in [1.29, 1.82) is 0 Å². The molecule has 0 heteroatoms. The number of rotatable bonds is 1. The van der Waals surface area contributed by atoms with E-state index in [0.29, 0.717) is 5.92 Å². The Morgan fingerprint density at radius 3 is 2.73 bits per heavy atom. The molecule has 0 aromatic rings. The minimum Gasteiger partial charge on any atom is -0.0840 e. The van der Waals surface area contributed by atoms with Gasteiger partial charge in [-0.05, 0) is 30.3 Å². The fourth-order valence-electron chi connectivity index (χ4n) is 1.37. The molecule has 0 fully saturated rings. The van der Waals surface area contributed by atoms with E-state index in [1.54, 1.807) is 0 Å². The Labute approximate surface area is 70.0 Å². The molecule has 0 bridgehead atoms. The Hall–Kier alpha value is -0.520. The van der Waals surface area contributed by atoms with Crippen molar-refractivity contribution in [1.82, 2.24) is 0 Å². The molecule has 0 saturated heterocycles. The van der Waals surface area contributed by atoms with Gasteiger partial charge in [0.1, 0.15) is 0 Å². The van der Waals surface area contributed by atoms with Crippen LogP contribution in [0.2, 0.25) is 0 Å². The van der Waals surface area contributed by atoms with Gasteiger partial charge in [-0.2, -0.15) is 0 Å². The third kappa shape index (κ3) is 2.53. The van der Waals surface area contributed by atoms with Crippen molar-refractivity contribution in [3.8, 4) is 0 Å². The lowest BCUT2D eigenvalue weighted by atomic mass is 10.0. The van der Waals surface area contributed by atoms with Gasteiger partial charge in [-0.15, -0.1) is 0 Å². The van der Waals surface area contributed by atoms with E-state index < -0.39 is 0 Å². The normalized spacial score (nSPS) is 25.1. The van der Waals surface area contributed by atoms with Gasteiger partial charge in [0.15, 0.2) is 0 Å². The lowest BCUT2D eigenvalue weighted by Crippen LogP contribution is -1.90. The van der Waals surface area contributed by atoms with Gasteiger partial charge in [-0.25, -0.2) is 0 Å². The van der Waals surface area contributed by atoms with Crippen LogP contribution in [0.1, 0.15) is 33.6 Å². The highest BCUT2D eigenvalue weighted by atomic mass is 14.1. The zero-order valence-corrected chi connectivity index (χ0v) is 7.80. The second kappa shape index (κ2) is 3.75. The van der Waals surface area contributed by atoms with Crippen molar-refractivity contribution in [3.05, 3.63) is 23.8 Å². The Morgan fingerprint density at radius 2 is 2.09 bits per heavy atom. The quantitative estimate of drug-likeness (QED) is 0.536. The van der Waals surface area contributed by atoms with E-state index in [-0.39, 0.29) is 0 Å². The van der Waals surface area contributed by atoms with Crippen LogP contribution in [0.15, 0.2) is 23.8 Å². The molecule has 0 aromatic heterocycles. The van der Waals surface area contributed by atoms with E-state index in [2.05, 4.69) is 39.0 Å². The molecule has 11 heavy (non-hydrogen) atoms. The van der Waals surface area contributed by atoms with E-state index in [0.717, 1.165) is 5.92 Å². The summed E-state index contributed by atoms with van der Waals surface area (Å²) in [6, 6.07) is 0. The van der Waals surface area contributed by atoms with Gasteiger partial charge >= 0.3 is 0 Å². The summed E-state index contributed by atoms with van der Waals surface area (Å²) < 4.78 is 0. The summed E-state index contributed by atoms with van der Waals surface area (Å²) in [4.78, 5) is 0. The lowest BCUT2D eigenvalue weighted by molar-refractivity contribution is 0.604. The van der Waals surface area contributed by atoms with Gasteiger partial charge in [-0.1, -0.05) is 39.0 Å². The highest BCUT2D eigenvalue weighted by molar-refractivity contribution is 5.22. The van der Waals surface area contributed by atoms with Crippen LogP contribution in [-0.2, 0) is 0 Å². The van der Waals surface area contributed by atoms with E-state index in [1.165, 1.54) is 18.4 Å². The summed E-state index contributed by atoms with van der Waals surface area (Å²) in [5.74, 6) is 1.53. The van der Waals surface area contributed by atoms with E-state index in [4.69, 9.17) is 0 Å². The number of hydrogen-bond donors (Lipinski definition) is 0. The van der Waals surface area contributed by atoms with Crippen molar-refractivity contribution >= 4 is 0 Å². The topological polar surface area (TPSA) is 0 Å². The molecule has 0 heterocycles. The zero-order chi connectivity index (χ0) is 8.27. The third-order valence-corrected chi connectivity index (χ3v) is 2.27. The highest BCUT2D eigenvalue weighted by Crippen LogP contribution is 2.20. The van der Waals surface area contributed by atoms with Crippen LogP contribution in [0, 0.1) is 11.8 Å². The first-order valence-corrected chi connectivity index (χ1v) is 4.56. The maximum absolute atomic E-state index is 2.39. The molecule has 1 aliphatic carbocycles. The van der Waals surface area contributed by atoms with Crippen molar-refractivity contribution in [2.24, 2.45) is 11.8 Å². The van der Waals surface area contributed by atoms with E-state index in [9.17, 15) is 0 Å². The molecule has 0 N–H and O–H groups in total. The number of hydrogen-bond acceptors (Lipinski definition) is 0. The molecular formula is C11H18. The Bertz CT molecular complexity index is 172. The standard InChI is InChI=1S/C11H18/c1-9(2)11-6-4-5-10(3)7-8-11/h4,6,8-10H,5,7H2,1-3H3/t10-/m1/s1. The third-order valence-electron chi connectivity index (χ3n) is 2.27. The molecule has 62 valence electrons. The minimum atomic E-state index is 0.691. The molecule has 1 rings (SSSR count). The molecule has 1 aliphatic rings. The van der Waals surface area contributed by atoms with Crippen molar-refractivity contribution in [2.45, 2.75) is 33.6 Å². The molecule has 0 radical (unpaired) electrons. The SMILES string of the molecule is CC(C)C1=CC[C@H](C)CC=C1. The van der Waals surface area contributed by atoms with Crippen LogP contribution >= 0.6 is 0 Å². The van der Waals surface area contributed by atoms with Crippen LogP contribution in [-0.4, -0.2) is 0 Å². The van der Waals surface area contributed by atoms with Crippen molar-refractivity contribution < 1.29 is 0 Å². The Balaban J connectivity index is 2.64. The Kier molecular flexibility index (Phi) is 2.92. The molecule has 0 nitrogen and oxygen atoms in total. The average Bonchev–Trinajstić information content (AvgIpc) is 2.13. The molecular weight excluding hydrogens is 132 g/mol. The van der Waals surface area contributed by atoms with Gasteiger partial charge in [0.05, 0.1) is 0 Å². The van der Waals surface area contributed by atoms with Crippen molar-refractivity contribution in [2.75, 3.05) is 0 Å². The summed E-state index contributed by atoms with van der Waals surface area (Å²) in [6.07, 6.45) is 9.48. The van der Waals surface area contributed by atoms with Crippen LogP contribution in [0.25, 0.3) is 0 Å². The highest BCUT2D eigenvalue weighted by Gasteiger charge is 2.05. The van der Waals surface area contributed by atoms with Crippen LogP contribution in [0.5, 0.6) is 0 Å². The summed E-state index contributed by atoms with van der Waals surface area (Å²) in [5, 5.41) is 0. The first-order chi connectivity index (χ1) is 5.20. The van der Waals surface area contributed by atoms with Gasteiger partial charge < -0.3 is 0 Å². The molecule has 0 saturated carbocycles. The average molecular weight is 150 g/mol. The van der Waals surface area contributed by atoms with E-state index in [1.807, 2.05) is 0 Å². The summed E-state index contributed by atoms with van der Waals surface area (Å²) in [7, 11) is 0. The van der Waals surface area contributed by atoms with Gasteiger partial charge in [0, 0.05) is 0 Å². The van der Waals surface area contributed by atoms with Gasteiger partial charge in [0.2, 0.25) is 0 Å². The molecule has 0 unspecified atom stereocenters. The maximum atomic E-state index is 2.39. The predicted octanol–water partition coefficient (Wildman–Crippen LogP) is 3.55. The minimum absolute atomic E-state index is 0.691. The Morgan fingerprint density at radius 1 is 1.36 bits per heavy atom. The second-order valence-corrected chi connectivity index (χ2v) is 3.84. The maximum Gasteiger partial charge on any atom is -0.0222 e. The fraction of sp³-hybridized carbons (Fsp3) is 0.636. The first kappa shape index (κ1) is 8.58. The molecule has 0 aliphatic heterocycles. The van der Waals surface area contributed by atoms with Gasteiger partial charge in [0.25, 0.3) is 0 Å². The zero-order valence-electron chi connectivity index (χ0n) is 7.80. The van der Waals surface area contributed by atoms with Crippen LogP contribution < -0.4 is 0 Å². The smallest absolute Gasteiger partial charge is 0.0222 e. The second-order valence-electron chi connectivity index (χ2n) is 3.84. The monoisotopic (exact) mass is 150 g/mol. The lowest BCUT2D eigenvalue weighted by Gasteiger charge is -2.04. The van der Waals surface area contributed by atoms with Gasteiger partial charge in [-0.3, -0.25) is 0 Å². The summed E-state index contributed by atoms with van der Waals surface area (Å²) in [6.45, 7) is 6.82. The number of allylic oxidation sites excluding steroid dienone is 4. The first-order valence-electron chi connectivity index (χ1n) is 4.56.